The topological polar surface area (TPSA) is 79.7 Å². The first-order valence-corrected chi connectivity index (χ1v) is 7.68. The maximum absolute atomic E-state index is 9.86. The number of aliphatic imine (C=N–C) groups is 1. The van der Waals surface area contributed by atoms with Crippen LogP contribution in [0.1, 0.15) is 17.2 Å². The molecule has 0 bridgehead atoms. The molecule has 23 heavy (non-hydrogen) atoms. The Morgan fingerprint density at radius 2 is 2.09 bits per heavy atom. The smallest absolute Gasteiger partial charge is 0.170 e. The lowest BCUT2D eigenvalue weighted by Crippen LogP contribution is -2.43. The maximum atomic E-state index is 9.86. The van der Waals surface area contributed by atoms with Gasteiger partial charge in [-0.05, 0) is 18.1 Å². The first-order valence-electron chi connectivity index (χ1n) is 7.25. The summed E-state index contributed by atoms with van der Waals surface area (Å²) in [6.07, 6.45) is 5.22. The summed E-state index contributed by atoms with van der Waals surface area (Å²) in [4.78, 5) is 6.11. The number of alkyl halides is 1. The summed E-state index contributed by atoms with van der Waals surface area (Å²) in [6, 6.07) is 9.33. The molecule has 1 aliphatic rings. The Balaban J connectivity index is 1.96. The molecular weight excluding hydrogens is 314 g/mol. The number of rotatable bonds is 3. The fourth-order valence-corrected chi connectivity index (χ4v) is 2.90. The SMILES string of the molecule is Cc1cnn(C2=NC(N)=CN([C@H](CO)c3ccccc3)C2Cl)c1. The zero-order valence-corrected chi connectivity index (χ0v) is 13.4. The zero-order valence-electron chi connectivity index (χ0n) is 12.7. The van der Waals surface area contributed by atoms with Crippen molar-refractivity contribution in [1.82, 2.24) is 14.7 Å². The van der Waals surface area contributed by atoms with Crippen LogP contribution in [-0.4, -0.2) is 37.7 Å². The molecule has 1 aliphatic heterocycles. The quantitative estimate of drug-likeness (QED) is 0.664. The van der Waals surface area contributed by atoms with Crippen LogP contribution >= 0.6 is 11.6 Å². The number of hydrogen-bond acceptors (Lipinski definition) is 5. The van der Waals surface area contributed by atoms with Crippen LogP contribution in [0.25, 0.3) is 0 Å². The lowest BCUT2D eigenvalue weighted by Gasteiger charge is -2.36. The van der Waals surface area contributed by atoms with Crippen molar-refractivity contribution in [2.45, 2.75) is 18.5 Å². The molecule has 0 fully saturated rings. The molecular formula is C16H18ClN5O. The number of hydrogen-bond donors (Lipinski definition) is 2. The molecule has 6 nitrogen and oxygen atoms in total. The van der Waals surface area contributed by atoms with Gasteiger partial charge < -0.3 is 15.7 Å². The highest BCUT2D eigenvalue weighted by molar-refractivity contribution is 6.31. The largest absolute Gasteiger partial charge is 0.394 e. The minimum absolute atomic E-state index is 0.0948. The van der Waals surface area contributed by atoms with Gasteiger partial charge in [0.25, 0.3) is 0 Å². The van der Waals surface area contributed by atoms with Gasteiger partial charge in [0.2, 0.25) is 0 Å². The molecule has 7 heteroatoms. The standard InChI is InChI=1S/C16H18ClN5O/c1-11-7-19-22(8-11)16-15(17)21(9-14(18)20-16)13(10-23)12-5-3-2-4-6-12/h2-9,13,15,23H,10,18H2,1H3/t13-,15?/m1/s1. The van der Waals surface area contributed by atoms with Crippen LogP contribution in [-0.2, 0) is 0 Å². The molecule has 2 heterocycles. The molecule has 0 aliphatic carbocycles. The Labute approximate surface area is 139 Å². The van der Waals surface area contributed by atoms with E-state index < -0.39 is 5.50 Å². The Hall–Kier alpha value is -2.31. The fraction of sp³-hybridized carbons (Fsp3) is 0.250. The van der Waals surface area contributed by atoms with Gasteiger partial charge in [0.15, 0.2) is 11.3 Å². The third-order valence-electron chi connectivity index (χ3n) is 3.66. The van der Waals surface area contributed by atoms with E-state index in [1.807, 2.05) is 43.5 Å². The summed E-state index contributed by atoms with van der Waals surface area (Å²) < 4.78 is 1.61. The van der Waals surface area contributed by atoms with Crippen LogP contribution in [0.15, 0.2) is 59.7 Å². The predicted octanol–water partition coefficient (Wildman–Crippen LogP) is 1.81. The van der Waals surface area contributed by atoms with Crippen molar-refractivity contribution in [2.75, 3.05) is 6.61 Å². The van der Waals surface area contributed by atoms with Crippen molar-refractivity contribution in [3.63, 3.8) is 0 Å². The Morgan fingerprint density at radius 3 is 2.70 bits per heavy atom. The zero-order chi connectivity index (χ0) is 16.4. The van der Waals surface area contributed by atoms with Crippen molar-refractivity contribution in [1.29, 1.82) is 0 Å². The molecule has 0 amide bonds. The monoisotopic (exact) mass is 331 g/mol. The van der Waals surface area contributed by atoms with E-state index in [4.69, 9.17) is 17.3 Å². The Kier molecular flexibility index (Phi) is 4.36. The second-order valence-corrected chi connectivity index (χ2v) is 5.79. The third-order valence-corrected chi connectivity index (χ3v) is 4.08. The van der Waals surface area contributed by atoms with Crippen LogP contribution in [0.3, 0.4) is 0 Å². The molecule has 1 aromatic carbocycles. The van der Waals surface area contributed by atoms with Crippen molar-refractivity contribution in [3.8, 4) is 0 Å². The van der Waals surface area contributed by atoms with E-state index >= 15 is 0 Å². The van der Waals surface area contributed by atoms with Crippen LogP contribution in [0.2, 0.25) is 0 Å². The number of aromatic nitrogens is 2. The van der Waals surface area contributed by atoms with Crippen molar-refractivity contribution >= 4 is 17.4 Å². The van der Waals surface area contributed by atoms with Gasteiger partial charge in [-0.1, -0.05) is 41.9 Å². The van der Waals surface area contributed by atoms with Gasteiger partial charge >= 0.3 is 0 Å². The summed E-state index contributed by atoms with van der Waals surface area (Å²) in [5.41, 5.74) is 7.29. The highest BCUT2D eigenvalue weighted by Gasteiger charge is 2.31. The molecule has 1 aromatic heterocycles. The number of aliphatic hydroxyl groups is 1. The van der Waals surface area contributed by atoms with Crippen molar-refractivity contribution < 1.29 is 5.11 Å². The number of nitrogens with zero attached hydrogens (tertiary/aromatic N) is 4. The fourth-order valence-electron chi connectivity index (χ4n) is 2.56. The third kappa shape index (κ3) is 3.09. The Bertz CT molecular complexity index is 740. The molecule has 0 radical (unpaired) electrons. The van der Waals surface area contributed by atoms with Gasteiger partial charge in [0.1, 0.15) is 5.82 Å². The second kappa shape index (κ2) is 6.44. The number of halogens is 1. The highest BCUT2D eigenvalue weighted by Crippen LogP contribution is 2.28. The summed E-state index contributed by atoms with van der Waals surface area (Å²) in [7, 11) is 0. The first kappa shape index (κ1) is 15.6. The van der Waals surface area contributed by atoms with Crippen molar-refractivity contribution in [2.24, 2.45) is 10.7 Å². The van der Waals surface area contributed by atoms with Gasteiger partial charge in [-0.3, -0.25) is 0 Å². The molecule has 3 N–H and O–H groups in total. The van der Waals surface area contributed by atoms with Crippen LogP contribution < -0.4 is 5.73 Å². The average Bonchev–Trinajstić information content (AvgIpc) is 2.98. The summed E-state index contributed by atoms with van der Waals surface area (Å²) in [5, 5.41) is 14.1. The van der Waals surface area contributed by atoms with Crippen molar-refractivity contribution in [3.05, 3.63) is 65.9 Å². The molecule has 2 aromatic rings. The van der Waals surface area contributed by atoms with Gasteiger partial charge in [0, 0.05) is 12.4 Å². The van der Waals surface area contributed by atoms with Crippen LogP contribution in [0, 0.1) is 6.92 Å². The minimum Gasteiger partial charge on any atom is -0.394 e. The summed E-state index contributed by atoms with van der Waals surface area (Å²) >= 11 is 6.60. The van der Waals surface area contributed by atoms with E-state index in [1.54, 1.807) is 22.0 Å². The van der Waals surface area contributed by atoms with E-state index in [2.05, 4.69) is 10.1 Å². The maximum Gasteiger partial charge on any atom is 0.170 e. The van der Waals surface area contributed by atoms with E-state index in [0.717, 1.165) is 11.1 Å². The van der Waals surface area contributed by atoms with Gasteiger partial charge in [-0.25, -0.2) is 9.67 Å². The van der Waals surface area contributed by atoms with E-state index in [0.29, 0.717) is 11.7 Å². The number of nitrogens with two attached hydrogens (primary N) is 1. The van der Waals surface area contributed by atoms with Gasteiger partial charge in [-0.15, -0.1) is 0 Å². The molecule has 0 spiro atoms. The highest BCUT2D eigenvalue weighted by atomic mass is 35.5. The lowest BCUT2D eigenvalue weighted by molar-refractivity contribution is 0.166. The molecule has 2 atom stereocenters. The summed E-state index contributed by atoms with van der Waals surface area (Å²) in [5.74, 6) is 0.827. The lowest BCUT2D eigenvalue weighted by atomic mass is 10.1. The number of aryl methyl sites for hydroxylation is 1. The van der Waals surface area contributed by atoms with E-state index in [1.165, 1.54) is 0 Å². The molecule has 0 saturated carbocycles. The average molecular weight is 332 g/mol. The molecule has 3 rings (SSSR count). The first-order chi connectivity index (χ1) is 11.1. The predicted molar refractivity (Wildman–Crippen MR) is 89.8 cm³/mol. The van der Waals surface area contributed by atoms with Gasteiger partial charge in [0.05, 0.1) is 18.8 Å². The minimum atomic E-state index is -0.598. The molecule has 0 saturated heterocycles. The molecule has 1 unspecified atom stereocenters. The number of aliphatic hydroxyl groups excluding tert-OH is 1. The normalized spacial score (nSPS) is 19.3. The van der Waals surface area contributed by atoms with Crippen LogP contribution in [0.4, 0.5) is 0 Å². The second-order valence-electron chi connectivity index (χ2n) is 5.38. The molecule has 120 valence electrons. The summed E-state index contributed by atoms with van der Waals surface area (Å²) in [6.45, 7) is 1.84. The van der Waals surface area contributed by atoms with E-state index in [-0.39, 0.29) is 12.6 Å². The number of benzene rings is 1. The van der Waals surface area contributed by atoms with Crippen LogP contribution in [0.5, 0.6) is 0 Å². The Morgan fingerprint density at radius 1 is 1.35 bits per heavy atom. The van der Waals surface area contributed by atoms with Gasteiger partial charge in [-0.2, -0.15) is 5.10 Å². The van der Waals surface area contributed by atoms with E-state index in [9.17, 15) is 5.11 Å².